The highest BCUT2D eigenvalue weighted by molar-refractivity contribution is 6.31. The highest BCUT2D eigenvalue weighted by Gasteiger charge is 2.02. The molecule has 0 bridgehead atoms. The lowest BCUT2D eigenvalue weighted by Crippen LogP contribution is -2.01. The molecular weight excluding hydrogens is 337 g/mol. The summed E-state index contributed by atoms with van der Waals surface area (Å²) in [4.78, 5) is 0. The van der Waals surface area contributed by atoms with Gasteiger partial charge in [-0.15, -0.1) is 0 Å². The van der Waals surface area contributed by atoms with Crippen LogP contribution in [0.4, 0.5) is 10.1 Å². The van der Waals surface area contributed by atoms with Gasteiger partial charge in [-0.2, -0.15) is 0 Å². The highest BCUT2D eigenvalue weighted by atomic mass is 35.5. The molecule has 0 fully saturated rings. The van der Waals surface area contributed by atoms with Crippen LogP contribution in [0.2, 0.25) is 5.02 Å². The largest absolute Gasteiger partial charge is 0.489 e. The molecule has 0 aromatic heterocycles. The number of benzene rings is 3. The standard InChI is InChI=1S/C21H19ClFNO/c1-15-20(22)3-2-4-21(15)24-13-16-7-11-19(12-8-16)25-14-17-5-9-18(23)10-6-17/h2-12,24H,13-14H2,1H3. The Kier molecular flexibility index (Phi) is 5.56. The smallest absolute Gasteiger partial charge is 0.123 e. The van der Waals surface area contributed by atoms with Crippen LogP contribution < -0.4 is 10.1 Å². The first-order valence-electron chi connectivity index (χ1n) is 8.07. The van der Waals surface area contributed by atoms with Crippen LogP contribution in [0.25, 0.3) is 0 Å². The lowest BCUT2D eigenvalue weighted by Gasteiger charge is -2.11. The quantitative estimate of drug-likeness (QED) is 0.587. The van der Waals surface area contributed by atoms with Gasteiger partial charge in [0.15, 0.2) is 0 Å². The van der Waals surface area contributed by atoms with Gasteiger partial charge in [-0.25, -0.2) is 4.39 Å². The molecule has 3 aromatic rings. The van der Waals surface area contributed by atoms with E-state index in [1.807, 2.05) is 49.4 Å². The van der Waals surface area contributed by atoms with Crippen molar-refractivity contribution in [3.63, 3.8) is 0 Å². The summed E-state index contributed by atoms with van der Waals surface area (Å²) < 4.78 is 18.6. The van der Waals surface area contributed by atoms with Gasteiger partial charge in [-0.05, 0) is 60.0 Å². The fourth-order valence-electron chi connectivity index (χ4n) is 2.45. The fraction of sp³-hybridized carbons (Fsp3) is 0.143. The third-order valence-corrected chi connectivity index (χ3v) is 4.40. The van der Waals surface area contributed by atoms with Crippen molar-refractivity contribution < 1.29 is 9.13 Å². The minimum Gasteiger partial charge on any atom is -0.489 e. The van der Waals surface area contributed by atoms with E-state index < -0.39 is 0 Å². The third kappa shape index (κ3) is 4.74. The van der Waals surface area contributed by atoms with Crippen LogP contribution in [-0.4, -0.2) is 0 Å². The van der Waals surface area contributed by atoms with Gasteiger partial charge in [0.05, 0.1) is 0 Å². The van der Waals surface area contributed by atoms with Gasteiger partial charge in [0.25, 0.3) is 0 Å². The van der Waals surface area contributed by atoms with E-state index >= 15 is 0 Å². The Balaban J connectivity index is 1.55. The normalized spacial score (nSPS) is 10.5. The van der Waals surface area contributed by atoms with Crippen molar-refractivity contribution in [3.8, 4) is 5.75 Å². The van der Waals surface area contributed by atoms with Crippen molar-refractivity contribution in [2.24, 2.45) is 0 Å². The van der Waals surface area contributed by atoms with Crippen molar-refractivity contribution in [3.05, 3.63) is 94.3 Å². The minimum atomic E-state index is -0.240. The van der Waals surface area contributed by atoms with E-state index in [0.717, 1.165) is 33.1 Å². The predicted octanol–water partition coefficient (Wildman–Crippen LogP) is 5.98. The molecule has 0 atom stereocenters. The molecule has 0 saturated heterocycles. The summed E-state index contributed by atoms with van der Waals surface area (Å²) in [6, 6.07) is 20.1. The van der Waals surface area contributed by atoms with E-state index in [9.17, 15) is 4.39 Å². The van der Waals surface area contributed by atoms with Crippen molar-refractivity contribution in [1.82, 2.24) is 0 Å². The average molecular weight is 356 g/mol. The molecule has 0 spiro atoms. The fourth-order valence-corrected chi connectivity index (χ4v) is 2.62. The van der Waals surface area contributed by atoms with Crippen molar-refractivity contribution in [2.75, 3.05) is 5.32 Å². The van der Waals surface area contributed by atoms with E-state index in [0.29, 0.717) is 13.2 Å². The van der Waals surface area contributed by atoms with Crippen molar-refractivity contribution in [2.45, 2.75) is 20.1 Å². The number of hydrogen-bond donors (Lipinski definition) is 1. The first-order chi connectivity index (χ1) is 12.1. The molecule has 0 amide bonds. The molecule has 0 aliphatic heterocycles. The third-order valence-electron chi connectivity index (χ3n) is 3.99. The minimum absolute atomic E-state index is 0.240. The Morgan fingerprint density at radius 3 is 2.32 bits per heavy atom. The Morgan fingerprint density at radius 2 is 1.60 bits per heavy atom. The topological polar surface area (TPSA) is 21.3 Å². The van der Waals surface area contributed by atoms with Crippen LogP contribution in [-0.2, 0) is 13.2 Å². The van der Waals surface area contributed by atoms with E-state index in [-0.39, 0.29) is 5.82 Å². The van der Waals surface area contributed by atoms with Gasteiger partial charge >= 0.3 is 0 Å². The number of nitrogens with one attached hydrogen (secondary N) is 1. The summed E-state index contributed by atoms with van der Waals surface area (Å²) in [6.07, 6.45) is 0. The first-order valence-corrected chi connectivity index (χ1v) is 8.45. The monoisotopic (exact) mass is 355 g/mol. The van der Waals surface area contributed by atoms with E-state index in [4.69, 9.17) is 16.3 Å². The van der Waals surface area contributed by atoms with Crippen molar-refractivity contribution >= 4 is 17.3 Å². The second kappa shape index (κ2) is 8.04. The Labute approximate surface area is 152 Å². The summed E-state index contributed by atoms with van der Waals surface area (Å²) >= 11 is 6.13. The number of hydrogen-bond acceptors (Lipinski definition) is 2. The molecule has 0 aliphatic rings. The molecule has 4 heteroatoms. The Hall–Kier alpha value is -2.52. The Morgan fingerprint density at radius 1 is 0.920 bits per heavy atom. The molecule has 2 nitrogen and oxygen atoms in total. The molecular formula is C21H19ClFNO. The summed E-state index contributed by atoms with van der Waals surface area (Å²) in [5.41, 5.74) is 4.16. The van der Waals surface area contributed by atoms with Gasteiger partial charge in [0.2, 0.25) is 0 Å². The SMILES string of the molecule is Cc1c(Cl)cccc1NCc1ccc(OCc2ccc(F)cc2)cc1. The molecule has 0 saturated carbocycles. The molecule has 1 N–H and O–H groups in total. The number of halogens is 2. The maximum atomic E-state index is 12.9. The predicted molar refractivity (Wildman–Crippen MR) is 101 cm³/mol. The highest BCUT2D eigenvalue weighted by Crippen LogP contribution is 2.23. The van der Waals surface area contributed by atoms with E-state index in [2.05, 4.69) is 5.32 Å². The molecule has 0 radical (unpaired) electrons. The van der Waals surface area contributed by atoms with Crippen LogP contribution in [0.15, 0.2) is 66.7 Å². The molecule has 0 heterocycles. The van der Waals surface area contributed by atoms with Gasteiger partial charge in [0.1, 0.15) is 18.2 Å². The van der Waals surface area contributed by atoms with Gasteiger partial charge < -0.3 is 10.1 Å². The molecule has 0 unspecified atom stereocenters. The van der Waals surface area contributed by atoms with Crippen LogP contribution in [0.3, 0.4) is 0 Å². The van der Waals surface area contributed by atoms with E-state index in [1.165, 1.54) is 12.1 Å². The lowest BCUT2D eigenvalue weighted by atomic mass is 10.1. The molecule has 128 valence electrons. The summed E-state index contributed by atoms with van der Waals surface area (Å²) in [6.45, 7) is 3.12. The second-order valence-corrected chi connectivity index (χ2v) is 6.23. The second-order valence-electron chi connectivity index (χ2n) is 5.83. The lowest BCUT2D eigenvalue weighted by molar-refractivity contribution is 0.306. The first kappa shape index (κ1) is 17.3. The maximum absolute atomic E-state index is 12.9. The van der Waals surface area contributed by atoms with Crippen LogP contribution in [0.5, 0.6) is 5.75 Å². The van der Waals surface area contributed by atoms with E-state index in [1.54, 1.807) is 12.1 Å². The number of ether oxygens (including phenoxy) is 1. The Bertz CT molecular complexity index is 832. The van der Waals surface area contributed by atoms with Crippen molar-refractivity contribution in [1.29, 1.82) is 0 Å². The summed E-state index contributed by atoms with van der Waals surface area (Å²) in [7, 11) is 0. The van der Waals surface area contributed by atoms with Gasteiger partial charge in [0, 0.05) is 17.3 Å². The summed E-state index contributed by atoms with van der Waals surface area (Å²) in [5, 5.41) is 4.15. The zero-order chi connectivity index (χ0) is 17.6. The molecule has 3 aromatic carbocycles. The molecule has 3 rings (SSSR count). The number of rotatable bonds is 6. The van der Waals surface area contributed by atoms with Crippen LogP contribution in [0, 0.1) is 12.7 Å². The molecule has 25 heavy (non-hydrogen) atoms. The zero-order valence-electron chi connectivity index (χ0n) is 13.9. The molecule has 0 aliphatic carbocycles. The number of anilines is 1. The maximum Gasteiger partial charge on any atom is 0.123 e. The zero-order valence-corrected chi connectivity index (χ0v) is 14.7. The van der Waals surface area contributed by atoms with Gasteiger partial charge in [-0.3, -0.25) is 0 Å². The average Bonchev–Trinajstić information content (AvgIpc) is 2.63. The summed E-state index contributed by atoms with van der Waals surface area (Å²) in [5.74, 6) is 0.544. The van der Waals surface area contributed by atoms with Crippen LogP contribution >= 0.6 is 11.6 Å². The van der Waals surface area contributed by atoms with Crippen LogP contribution in [0.1, 0.15) is 16.7 Å². The van der Waals surface area contributed by atoms with Gasteiger partial charge in [-0.1, -0.05) is 41.9 Å².